The Morgan fingerprint density at radius 2 is 1.61 bits per heavy atom. The SMILES string of the molecule is O=C(NCCN1CCCCC1)c1cccc(CN2CCN(c3ccc(F)cc3)CC2)c1. The molecule has 2 heterocycles. The molecule has 0 aliphatic carbocycles. The Morgan fingerprint density at radius 1 is 0.871 bits per heavy atom. The van der Waals surface area contributed by atoms with Gasteiger partial charge in [0.05, 0.1) is 0 Å². The molecule has 0 saturated carbocycles. The number of halogens is 1. The van der Waals surface area contributed by atoms with E-state index in [9.17, 15) is 9.18 Å². The fourth-order valence-corrected chi connectivity index (χ4v) is 4.50. The number of carbonyl (C=O) groups excluding carboxylic acids is 1. The van der Waals surface area contributed by atoms with E-state index >= 15 is 0 Å². The molecule has 0 spiro atoms. The molecule has 4 rings (SSSR count). The van der Waals surface area contributed by atoms with Crippen LogP contribution >= 0.6 is 0 Å². The highest BCUT2D eigenvalue weighted by molar-refractivity contribution is 5.94. The first-order valence-corrected chi connectivity index (χ1v) is 11.5. The Labute approximate surface area is 184 Å². The lowest BCUT2D eigenvalue weighted by atomic mass is 10.1. The zero-order chi connectivity index (χ0) is 21.5. The van der Waals surface area contributed by atoms with Crippen LogP contribution in [-0.4, -0.2) is 68.1 Å². The zero-order valence-electron chi connectivity index (χ0n) is 18.2. The first kappa shape index (κ1) is 21.8. The van der Waals surface area contributed by atoms with Crippen LogP contribution in [-0.2, 0) is 6.54 Å². The van der Waals surface area contributed by atoms with Gasteiger partial charge in [-0.05, 0) is 67.9 Å². The Morgan fingerprint density at radius 3 is 2.35 bits per heavy atom. The van der Waals surface area contributed by atoms with E-state index in [0.717, 1.165) is 63.6 Å². The fraction of sp³-hybridized carbons (Fsp3) is 0.480. The maximum absolute atomic E-state index is 13.1. The van der Waals surface area contributed by atoms with Gasteiger partial charge < -0.3 is 15.1 Å². The van der Waals surface area contributed by atoms with E-state index < -0.39 is 0 Å². The molecule has 2 aromatic carbocycles. The lowest BCUT2D eigenvalue weighted by Gasteiger charge is -2.36. The number of piperazine rings is 1. The number of hydrogen-bond donors (Lipinski definition) is 1. The van der Waals surface area contributed by atoms with Crippen LogP contribution in [0.2, 0.25) is 0 Å². The Balaban J connectivity index is 1.23. The summed E-state index contributed by atoms with van der Waals surface area (Å²) in [5.74, 6) is -0.183. The second-order valence-electron chi connectivity index (χ2n) is 8.60. The quantitative estimate of drug-likeness (QED) is 0.740. The summed E-state index contributed by atoms with van der Waals surface area (Å²) < 4.78 is 13.1. The van der Waals surface area contributed by atoms with Gasteiger partial charge in [-0.1, -0.05) is 18.6 Å². The third-order valence-electron chi connectivity index (χ3n) is 6.32. The molecular weight excluding hydrogens is 391 g/mol. The van der Waals surface area contributed by atoms with Crippen LogP contribution < -0.4 is 10.2 Å². The summed E-state index contributed by atoms with van der Waals surface area (Å²) in [4.78, 5) is 19.7. The van der Waals surface area contributed by atoms with Gasteiger partial charge in [-0.15, -0.1) is 0 Å². The van der Waals surface area contributed by atoms with E-state index in [2.05, 4.69) is 26.1 Å². The van der Waals surface area contributed by atoms with Crippen molar-refractivity contribution in [1.82, 2.24) is 15.1 Å². The Kier molecular flexibility index (Phi) is 7.54. The maximum atomic E-state index is 13.1. The van der Waals surface area contributed by atoms with Crippen molar-refractivity contribution in [3.05, 3.63) is 65.5 Å². The average Bonchev–Trinajstić information content (AvgIpc) is 2.81. The maximum Gasteiger partial charge on any atom is 0.251 e. The molecule has 2 saturated heterocycles. The monoisotopic (exact) mass is 424 g/mol. The molecule has 2 aliphatic rings. The lowest BCUT2D eigenvalue weighted by molar-refractivity contribution is 0.0946. The summed E-state index contributed by atoms with van der Waals surface area (Å²) in [5, 5.41) is 3.08. The first-order valence-electron chi connectivity index (χ1n) is 11.5. The van der Waals surface area contributed by atoms with Crippen molar-refractivity contribution in [2.24, 2.45) is 0 Å². The summed E-state index contributed by atoms with van der Waals surface area (Å²) in [6.07, 6.45) is 3.87. The molecule has 1 N–H and O–H groups in total. The standard InChI is InChI=1S/C25H33FN4O/c26-23-7-9-24(10-8-23)30-17-15-29(16-18-30)20-21-5-4-6-22(19-21)25(31)27-11-14-28-12-2-1-3-13-28/h4-10,19H,1-3,11-18,20H2,(H,27,31). The number of hydrogen-bond acceptors (Lipinski definition) is 4. The molecule has 2 aliphatic heterocycles. The van der Waals surface area contributed by atoms with Gasteiger partial charge in [-0.3, -0.25) is 9.69 Å². The van der Waals surface area contributed by atoms with Gasteiger partial charge in [-0.2, -0.15) is 0 Å². The number of carbonyl (C=O) groups is 1. The number of benzene rings is 2. The summed E-state index contributed by atoms with van der Waals surface area (Å²) in [5.41, 5.74) is 2.98. The number of anilines is 1. The van der Waals surface area contributed by atoms with E-state index in [1.54, 1.807) is 0 Å². The molecule has 31 heavy (non-hydrogen) atoms. The molecule has 0 radical (unpaired) electrons. The van der Waals surface area contributed by atoms with E-state index in [1.165, 1.54) is 37.0 Å². The topological polar surface area (TPSA) is 38.8 Å². The smallest absolute Gasteiger partial charge is 0.251 e. The van der Waals surface area contributed by atoms with E-state index in [0.29, 0.717) is 6.54 Å². The number of nitrogens with zero attached hydrogens (tertiary/aromatic N) is 3. The second kappa shape index (κ2) is 10.7. The number of piperidine rings is 1. The largest absolute Gasteiger partial charge is 0.369 e. The van der Waals surface area contributed by atoms with Gasteiger partial charge in [0.15, 0.2) is 0 Å². The highest BCUT2D eigenvalue weighted by atomic mass is 19.1. The van der Waals surface area contributed by atoms with Gasteiger partial charge >= 0.3 is 0 Å². The predicted molar refractivity (Wildman–Crippen MR) is 123 cm³/mol. The molecule has 0 aromatic heterocycles. The molecule has 0 unspecified atom stereocenters. The second-order valence-corrected chi connectivity index (χ2v) is 8.60. The Hall–Kier alpha value is -2.44. The summed E-state index contributed by atoms with van der Waals surface area (Å²) in [7, 11) is 0. The molecule has 1 amide bonds. The third kappa shape index (κ3) is 6.28. The van der Waals surface area contributed by atoms with Crippen LogP contribution in [0.4, 0.5) is 10.1 Å². The molecule has 0 atom stereocenters. The van der Waals surface area contributed by atoms with Crippen LogP contribution in [0, 0.1) is 5.82 Å². The highest BCUT2D eigenvalue weighted by Crippen LogP contribution is 2.18. The van der Waals surface area contributed by atoms with Gasteiger partial charge in [0, 0.05) is 57.1 Å². The van der Waals surface area contributed by atoms with Crippen LogP contribution in [0.3, 0.4) is 0 Å². The van der Waals surface area contributed by atoms with Crippen molar-refractivity contribution in [3.63, 3.8) is 0 Å². The fourth-order valence-electron chi connectivity index (χ4n) is 4.50. The van der Waals surface area contributed by atoms with Gasteiger partial charge in [-0.25, -0.2) is 4.39 Å². The predicted octanol–water partition coefficient (Wildman–Crippen LogP) is 3.36. The summed E-state index contributed by atoms with van der Waals surface area (Å²) in [6.45, 7) is 8.52. The minimum Gasteiger partial charge on any atom is -0.369 e. The van der Waals surface area contributed by atoms with Crippen LogP contribution in [0.1, 0.15) is 35.2 Å². The van der Waals surface area contributed by atoms with E-state index in [-0.39, 0.29) is 11.7 Å². The third-order valence-corrected chi connectivity index (χ3v) is 6.32. The van der Waals surface area contributed by atoms with Gasteiger partial charge in [0.25, 0.3) is 5.91 Å². The molecule has 6 heteroatoms. The van der Waals surface area contributed by atoms with Gasteiger partial charge in [0.1, 0.15) is 5.82 Å². The van der Waals surface area contributed by atoms with Crippen LogP contribution in [0.15, 0.2) is 48.5 Å². The molecule has 166 valence electrons. The first-order chi connectivity index (χ1) is 15.2. The van der Waals surface area contributed by atoms with Gasteiger partial charge in [0.2, 0.25) is 0 Å². The van der Waals surface area contributed by atoms with E-state index in [4.69, 9.17) is 0 Å². The van der Waals surface area contributed by atoms with E-state index in [1.807, 2.05) is 30.3 Å². The average molecular weight is 425 g/mol. The minimum atomic E-state index is -0.196. The zero-order valence-corrected chi connectivity index (χ0v) is 18.2. The molecule has 2 aromatic rings. The normalized spacial score (nSPS) is 18.2. The molecule has 0 bridgehead atoms. The van der Waals surface area contributed by atoms with Crippen molar-refractivity contribution >= 4 is 11.6 Å². The summed E-state index contributed by atoms with van der Waals surface area (Å²) >= 11 is 0. The molecule has 5 nitrogen and oxygen atoms in total. The Bertz CT molecular complexity index is 843. The number of rotatable bonds is 7. The van der Waals surface area contributed by atoms with Crippen molar-refractivity contribution in [1.29, 1.82) is 0 Å². The van der Waals surface area contributed by atoms with Crippen molar-refractivity contribution < 1.29 is 9.18 Å². The van der Waals surface area contributed by atoms with Crippen molar-refractivity contribution in [2.75, 3.05) is 57.3 Å². The number of likely N-dealkylation sites (tertiary alicyclic amines) is 1. The highest BCUT2D eigenvalue weighted by Gasteiger charge is 2.18. The van der Waals surface area contributed by atoms with Crippen molar-refractivity contribution in [3.8, 4) is 0 Å². The van der Waals surface area contributed by atoms with Crippen molar-refractivity contribution in [2.45, 2.75) is 25.8 Å². The number of amides is 1. The lowest BCUT2D eigenvalue weighted by Crippen LogP contribution is -2.46. The van der Waals surface area contributed by atoms with Crippen LogP contribution in [0.5, 0.6) is 0 Å². The summed E-state index contributed by atoms with van der Waals surface area (Å²) in [6, 6.07) is 14.7. The molecular formula is C25H33FN4O. The minimum absolute atomic E-state index is 0.0139. The molecule has 2 fully saturated rings. The number of nitrogens with one attached hydrogen (secondary N) is 1. The van der Waals surface area contributed by atoms with Crippen LogP contribution in [0.25, 0.3) is 0 Å².